The van der Waals surface area contributed by atoms with Crippen LogP contribution < -0.4 is 21.0 Å². The van der Waals surface area contributed by atoms with E-state index in [0.29, 0.717) is 0 Å². The van der Waals surface area contributed by atoms with Gasteiger partial charge in [0.1, 0.15) is 0 Å². The SMILES string of the molecule is [O-]O.[O-]O.[O-]O.[O-]O.[Th+4]. The summed E-state index contributed by atoms with van der Waals surface area (Å²) in [4.78, 5) is 0. The molecule has 0 amide bonds. The van der Waals surface area contributed by atoms with Crippen molar-refractivity contribution in [3.8, 4) is 0 Å². The molecule has 0 bridgehead atoms. The van der Waals surface area contributed by atoms with E-state index in [1.807, 2.05) is 0 Å². The van der Waals surface area contributed by atoms with Gasteiger partial charge in [-0.1, -0.05) is 0 Å². The van der Waals surface area contributed by atoms with Gasteiger partial charge in [0.05, 0.1) is 0 Å². The van der Waals surface area contributed by atoms with Crippen LogP contribution in [0, 0.1) is 39.9 Å². The summed E-state index contributed by atoms with van der Waals surface area (Å²) in [6.07, 6.45) is 0. The molecule has 0 saturated carbocycles. The van der Waals surface area contributed by atoms with Crippen molar-refractivity contribution in [1.82, 2.24) is 0 Å². The van der Waals surface area contributed by atoms with E-state index in [4.69, 9.17) is 42.1 Å². The summed E-state index contributed by atoms with van der Waals surface area (Å²) < 4.78 is 0. The third-order valence-corrected chi connectivity index (χ3v) is 0. The summed E-state index contributed by atoms with van der Waals surface area (Å²) in [5, 5.41) is 52.0. The molecule has 0 aromatic rings. The minimum atomic E-state index is 0. The Hall–Kier alpha value is 1.00. The van der Waals surface area contributed by atoms with Gasteiger partial charge in [-0.05, 0) is 0 Å². The van der Waals surface area contributed by atoms with Crippen molar-refractivity contribution in [3.05, 3.63) is 0 Å². The van der Waals surface area contributed by atoms with Crippen molar-refractivity contribution >= 4 is 0 Å². The Morgan fingerprint density at radius 1 is 0.444 bits per heavy atom. The van der Waals surface area contributed by atoms with Crippen LogP contribution in [0.3, 0.4) is 0 Å². The number of rotatable bonds is 0. The normalized spacial score (nSPS) is 2.67. The molecule has 56 valence electrons. The minimum absolute atomic E-state index is 0. The predicted octanol–water partition coefficient (Wildman–Crippen LogP) is -4.72. The summed E-state index contributed by atoms with van der Waals surface area (Å²) >= 11 is 0. The van der Waals surface area contributed by atoms with Crippen LogP contribution in [0.5, 0.6) is 0 Å². The average Bonchev–Trinajstić information content (AvgIpc) is 2.03. The molecule has 0 aliphatic rings. The molecule has 0 saturated heterocycles. The zero-order valence-electron chi connectivity index (χ0n) is 3.92. The second-order valence-corrected chi connectivity index (χ2v) is 0. The summed E-state index contributed by atoms with van der Waals surface area (Å²) in [7, 11) is 0. The maximum absolute atomic E-state index is 7.25. The summed E-state index contributed by atoms with van der Waals surface area (Å²) in [6, 6.07) is 0. The standard InChI is InChI=1S/4H2O2.Th/c4*1-2;/h4*1-2H;/q;;;;+4/p-4. The van der Waals surface area contributed by atoms with Crippen molar-refractivity contribution in [3.63, 3.8) is 0 Å². The topological polar surface area (TPSA) is 173 Å². The molecule has 0 heterocycles. The van der Waals surface area contributed by atoms with Crippen LogP contribution in [0.1, 0.15) is 0 Å². The van der Waals surface area contributed by atoms with Gasteiger partial charge >= 0.3 is 39.9 Å². The largest absolute Gasteiger partial charge is 4.00 e. The van der Waals surface area contributed by atoms with Gasteiger partial charge in [0.2, 0.25) is 0 Å². The molecule has 0 radical (unpaired) electrons. The first-order valence-corrected chi connectivity index (χ1v) is 0.730. The molecule has 0 unspecified atom stereocenters. The van der Waals surface area contributed by atoms with E-state index in [1.165, 1.54) is 0 Å². The minimum Gasteiger partial charge on any atom is -0.727 e. The summed E-state index contributed by atoms with van der Waals surface area (Å²) in [6.45, 7) is 0. The van der Waals surface area contributed by atoms with Crippen molar-refractivity contribution in [2.24, 2.45) is 0 Å². The molecular formula is H4O8Th. The smallest absolute Gasteiger partial charge is 0.727 e. The van der Waals surface area contributed by atoms with E-state index in [1.54, 1.807) is 0 Å². The van der Waals surface area contributed by atoms with Crippen LogP contribution >= 0.6 is 0 Å². The first-order chi connectivity index (χ1) is 4.00. The van der Waals surface area contributed by atoms with Gasteiger partial charge in [0, 0.05) is 0 Å². The molecule has 0 aliphatic heterocycles. The fraction of sp³-hybridized carbons (Fsp3) is 0. The van der Waals surface area contributed by atoms with Crippen LogP contribution in [0.15, 0.2) is 0 Å². The van der Waals surface area contributed by atoms with E-state index in [-0.39, 0.29) is 39.9 Å². The monoisotopic (exact) mass is 364 g/mol. The Bertz CT molecular complexity index is 4.53. The summed E-state index contributed by atoms with van der Waals surface area (Å²) in [5.41, 5.74) is 0. The molecule has 9 heteroatoms. The zero-order valence-corrected chi connectivity index (χ0v) is 8.03. The third kappa shape index (κ3) is 438. The van der Waals surface area contributed by atoms with Crippen molar-refractivity contribution < 1.29 is 82.0 Å². The quantitative estimate of drug-likeness (QED) is 0.245. The van der Waals surface area contributed by atoms with Crippen LogP contribution in [-0.4, -0.2) is 21.0 Å². The maximum Gasteiger partial charge on any atom is 4.00 e. The van der Waals surface area contributed by atoms with E-state index < -0.39 is 0 Å². The second kappa shape index (κ2) is 572. The fourth-order valence-corrected chi connectivity index (χ4v) is 0. The van der Waals surface area contributed by atoms with Crippen molar-refractivity contribution in [1.29, 1.82) is 0 Å². The predicted molar refractivity (Wildman–Crippen MR) is 10.5 cm³/mol. The zero-order chi connectivity index (χ0) is 8.00. The molecule has 0 fully saturated rings. The average molecular weight is 364 g/mol. The van der Waals surface area contributed by atoms with Gasteiger partial charge in [-0.2, -0.15) is 0 Å². The molecule has 0 aliphatic carbocycles. The molecular weight excluding hydrogens is 360 g/mol. The maximum atomic E-state index is 7.25. The Morgan fingerprint density at radius 3 is 0.444 bits per heavy atom. The van der Waals surface area contributed by atoms with Gasteiger partial charge in [-0.15, -0.1) is 0 Å². The number of hydrogen-bond donors (Lipinski definition) is 4. The Balaban J connectivity index is -0.00000000762. The molecule has 0 aromatic heterocycles. The molecule has 0 aromatic carbocycles. The first kappa shape index (κ1) is 32.4. The van der Waals surface area contributed by atoms with Crippen LogP contribution in [0.2, 0.25) is 0 Å². The van der Waals surface area contributed by atoms with Gasteiger partial charge in [0.25, 0.3) is 0 Å². The van der Waals surface area contributed by atoms with Crippen LogP contribution in [-0.2, 0) is 0 Å². The summed E-state index contributed by atoms with van der Waals surface area (Å²) in [5.74, 6) is 0. The molecule has 0 rings (SSSR count). The Kier molecular flexibility index (Phi) is 2060. The second-order valence-electron chi connectivity index (χ2n) is 0. The molecule has 0 atom stereocenters. The van der Waals surface area contributed by atoms with E-state index in [9.17, 15) is 0 Å². The van der Waals surface area contributed by atoms with Crippen molar-refractivity contribution in [2.45, 2.75) is 0 Å². The van der Waals surface area contributed by atoms with E-state index >= 15 is 0 Å². The molecule has 4 N–H and O–H groups in total. The van der Waals surface area contributed by atoms with Crippen LogP contribution in [0.4, 0.5) is 0 Å². The third-order valence-electron chi connectivity index (χ3n) is 0. The molecule has 8 nitrogen and oxygen atoms in total. The van der Waals surface area contributed by atoms with Crippen molar-refractivity contribution in [2.75, 3.05) is 0 Å². The van der Waals surface area contributed by atoms with Gasteiger partial charge in [-0.25, -0.2) is 0 Å². The Labute approximate surface area is 81.6 Å². The van der Waals surface area contributed by atoms with E-state index in [0.717, 1.165) is 0 Å². The number of hydrogen-bond acceptors (Lipinski definition) is 8. The molecule has 9 heavy (non-hydrogen) atoms. The Morgan fingerprint density at radius 2 is 0.444 bits per heavy atom. The van der Waals surface area contributed by atoms with Gasteiger partial charge in [-0.3, -0.25) is 0 Å². The van der Waals surface area contributed by atoms with Crippen LogP contribution in [0.25, 0.3) is 0 Å². The first-order valence-electron chi connectivity index (χ1n) is 0.730. The molecule has 0 spiro atoms. The van der Waals surface area contributed by atoms with Gasteiger partial charge < -0.3 is 42.1 Å². The fourth-order valence-electron chi connectivity index (χ4n) is 0. The van der Waals surface area contributed by atoms with Gasteiger partial charge in [0.15, 0.2) is 0 Å². The van der Waals surface area contributed by atoms with E-state index in [2.05, 4.69) is 0 Å².